The van der Waals surface area contributed by atoms with Crippen molar-refractivity contribution < 1.29 is 9.59 Å². The smallest absolute Gasteiger partial charge is 0.284 e. The highest BCUT2D eigenvalue weighted by atomic mass is 16.2. The highest BCUT2D eigenvalue weighted by molar-refractivity contribution is 6.23. The van der Waals surface area contributed by atoms with Gasteiger partial charge < -0.3 is 5.32 Å². The average Bonchev–Trinajstić information content (AvgIpc) is 2.29. The van der Waals surface area contributed by atoms with Crippen LogP contribution in [0.3, 0.4) is 0 Å². The van der Waals surface area contributed by atoms with E-state index in [0.717, 1.165) is 5.56 Å². The maximum absolute atomic E-state index is 10.8. The molecule has 0 bridgehead atoms. The maximum atomic E-state index is 10.8. The number of hydrogen-bond acceptors (Lipinski definition) is 2. The van der Waals surface area contributed by atoms with Crippen molar-refractivity contribution in [3.8, 4) is 0 Å². The van der Waals surface area contributed by atoms with Crippen molar-refractivity contribution in [2.45, 2.75) is 12.5 Å². The van der Waals surface area contributed by atoms with Gasteiger partial charge in [0, 0.05) is 0 Å². The molecule has 0 aromatic heterocycles. The van der Waals surface area contributed by atoms with Gasteiger partial charge in [0.05, 0.1) is 6.04 Å². The van der Waals surface area contributed by atoms with Gasteiger partial charge in [0.25, 0.3) is 5.91 Å². The van der Waals surface area contributed by atoms with E-state index >= 15 is 0 Å². The molecular weight excluding hydrogens is 190 g/mol. The van der Waals surface area contributed by atoms with Crippen molar-refractivity contribution in [2.75, 3.05) is 0 Å². The van der Waals surface area contributed by atoms with E-state index < -0.39 is 5.91 Å². The summed E-state index contributed by atoms with van der Waals surface area (Å²) in [6.45, 7) is 3.61. The molecule has 78 valence electrons. The first-order valence-corrected chi connectivity index (χ1v) is 4.68. The molecular formula is C12H13NO2. The van der Waals surface area contributed by atoms with E-state index in [1.165, 1.54) is 0 Å². The number of carbonyl (C=O) groups is 2. The van der Waals surface area contributed by atoms with Crippen LogP contribution in [0, 0.1) is 0 Å². The van der Waals surface area contributed by atoms with Crippen LogP contribution in [0.5, 0.6) is 0 Å². The fourth-order valence-corrected chi connectivity index (χ4v) is 1.28. The minimum atomic E-state index is -0.615. The van der Waals surface area contributed by atoms with Gasteiger partial charge in [-0.25, -0.2) is 0 Å². The number of benzene rings is 1. The first-order chi connectivity index (χ1) is 7.26. The Balaban J connectivity index is 2.58. The van der Waals surface area contributed by atoms with Gasteiger partial charge in [0.1, 0.15) is 0 Å². The van der Waals surface area contributed by atoms with Gasteiger partial charge in [-0.15, -0.1) is 6.58 Å². The van der Waals surface area contributed by atoms with Crippen LogP contribution in [0.2, 0.25) is 0 Å². The number of rotatable bonds is 5. The first kappa shape index (κ1) is 11.2. The number of amides is 1. The van der Waals surface area contributed by atoms with E-state index in [-0.39, 0.29) is 12.3 Å². The predicted molar refractivity (Wildman–Crippen MR) is 58.3 cm³/mol. The molecule has 0 aliphatic rings. The topological polar surface area (TPSA) is 46.2 Å². The average molecular weight is 203 g/mol. The molecule has 0 aliphatic carbocycles. The Morgan fingerprint density at radius 2 is 2.07 bits per heavy atom. The molecule has 0 aliphatic heterocycles. The lowest BCUT2D eigenvalue weighted by atomic mass is 10.1. The van der Waals surface area contributed by atoms with Crippen LogP contribution in [-0.2, 0) is 16.0 Å². The highest BCUT2D eigenvalue weighted by Gasteiger charge is 2.07. The lowest BCUT2D eigenvalue weighted by molar-refractivity contribution is -0.131. The summed E-state index contributed by atoms with van der Waals surface area (Å²) in [5.74, 6) is -0.615. The summed E-state index contributed by atoms with van der Waals surface area (Å²) in [7, 11) is 0. The van der Waals surface area contributed by atoms with Crippen LogP contribution in [0.1, 0.15) is 5.56 Å². The van der Waals surface area contributed by atoms with Crippen molar-refractivity contribution in [3.05, 3.63) is 48.6 Å². The monoisotopic (exact) mass is 203 g/mol. The standard InChI is InChI=1S/C12H13NO2/c1-2-11(13-12(15)9-14)8-10-6-4-3-5-7-10/h2-7,9,11H,1,8H2,(H,13,15). The minimum Gasteiger partial charge on any atom is -0.343 e. The van der Waals surface area contributed by atoms with Crippen molar-refractivity contribution in [1.29, 1.82) is 0 Å². The number of hydrogen-bond donors (Lipinski definition) is 1. The normalized spacial score (nSPS) is 11.5. The third kappa shape index (κ3) is 3.77. The second kappa shape index (κ2) is 5.75. The van der Waals surface area contributed by atoms with Gasteiger partial charge in [0.15, 0.2) is 0 Å². The molecule has 3 nitrogen and oxygen atoms in total. The quantitative estimate of drug-likeness (QED) is 0.442. The van der Waals surface area contributed by atoms with Gasteiger partial charge in [-0.05, 0) is 12.0 Å². The largest absolute Gasteiger partial charge is 0.343 e. The molecule has 1 N–H and O–H groups in total. The van der Waals surface area contributed by atoms with Crippen LogP contribution in [-0.4, -0.2) is 18.2 Å². The van der Waals surface area contributed by atoms with Crippen LogP contribution in [0.4, 0.5) is 0 Å². The summed E-state index contributed by atoms with van der Waals surface area (Å²) in [5.41, 5.74) is 1.09. The Labute approximate surface area is 88.8 Å². The van der Waals surface area contributed by atoms with E-state index in [1.54, 1.807) is 6.08 Å². The van der Waals surface area contributed by atoms with Crippen LogP contribution in [0.15, 0.2) is 43.0 Å². The number of carbonyl (C=O) groups excluding carboxylic acids is 2. The molecule has 1 atom stereocenters. The number of nitrogens with one attached hydrogen (secondary N) is 1. The predicted octanol–water partition coefficient (Wildman–Crippen LogP) is 1.10. The first-order valence-electron chi connectivity index (χ1n) is 4.68. The van der Waals surface area contributed by atoms with Gasteiger partial charge in [-0.3, -0.25) is 9.59 Å². The zero-order chi connectivity index (χ0) is 11.1. The van der Waals surface area contributed by atoms with Gasteiger partial charge in [0.2, 0.25) is 6.29 Å². The van der Waals surface area contributed by atoms with Crippen molar-refractivity contribution in [1.82, 2.24) is 5.32 Å². The van der Waals surface area contributed by atoms with Crippen LogP contribution in [0.25, 0.3) is 0 Å². The van der Waals surface area contributed by atoms with Crippen LogP contribution < -0.4 is 5.32 Å². The second-order valence-electron chi connectivity index (χ2n) is 3.16. The molecule has 15 heavy (non-hydrogen) atoms. The summed E-state index contributed by atoms with van der Waals surface area (Å²) in [5, 5.41) is 2.54. The number of aldehydes is 1. The third-order valence-electron chi connectivity index (χ3n) is 2.02. The fraction of sp³-hybridized carbons (Fsp3) is 0.167. The summed E-state index contributed by atoms with van der Waals surface area (Å²) in [6, 6.07) is 9.50. The summed E-state index contributed by atoms with van der Waals surface area (Å²) < 4.78 is 0. The van der Waals surface area contributed by atoms with Gasteiger partial charge in [-0.2, -0.15) is 0 Å². The molecule has 3 heteroatoms. The van der Waals surface area contributed by atoms with Gasteiger partial charge >= 0.3 is 0 Å². The maximum Gasteiger partial charge on any atom is 0.284 e. The summed E-state index contributed by atoms with van der Waals surface area (Å²) >= 11 is 0. The SMILES string of the molecule is C=CC(Cc1ccccc1)NC(=O)C=O. The zero-order valence-electron chi connectivity index (χ0n) is 8.35. The Hall–Kier alpha value is -1.90. The lowest BCUT2D eigenvalue weighted by Gasteiger charge is -2.12. The molecule has 1 aromatic carbocycles. The van der Waals surface area contributed by atoms with Gasteiger partial charge in [-0.1, -0.05) is 36.4 Å². The molecule has 0 spiro atoms. The van der Waals surface area contributed by atoms with Crippen molar-refractivity contribution in [3.63, 3.8) is 0 Å². The second-order valence-corrected chi connectivity index (χ2v) is 3.16. The molecule has 1 unspecified atom stereocenters. The Morgan fingerprint density at radius 3 is 2.60 bits per heavy atom. The fourth-order valence-electron chi connectivity index (χ4n) is 1.28. The Kier molecular flexibility index (Phi) is 4.29. The Bertz CT molecular complexity index is 346. The summed E-state index contributed by atoms with van der Waals surface area (Å²) in [6.07, 6.45) is 2.53. The van der Waals surface area contributed by atoms with Crippen molar-refractivity contribution >= 4 is 12.2 Å². The van der Waals surface area contributed by atoms with E-state index in [9.17, 15) is 9.59 Å². The lowest BCUT2D eigenvalue weighted by Crippen LogP contribution is -2.35. The van der Waals surface area contributed by atoms with E-state index in [2.05, 4.69) is 11.9 Å². The Morgan fingerprint density at radius 1 is 1.40 bits per heavy atom. The molecule has 0 radical (unpaired) electrons. The molecule has 1 amide bonds. The van der Waals surface area contributed by atoms with Crippen molar-refractivity contribution in [2.24, 2.45) is 0 Å². The molecule has 0 saturated carbocycles. The molecule has 0 heterocycles. The molecule has 0 fully saturated rings. The molecule has 0 saturated heterocycles. The highest BCUT2D eigenvalue weighted by Crippen LogP contribution is 2.03. The van der Waals surface area contributed by atoms with Crippen LogP contribution >= 0.6 is 0 Å². The zero-order valence-corrected chi connectivity index (χ0v) is 8.35. The molecule has 1 rings (SSSR count). The van der Waals surface area contributed by atoms with E-state index in [4.69, 9.17) is 0 Å². The minimum absolute atomic E-state index is 0.204. The van der Waals surface area contributed by atoms with E-state index in [1.807, 2.05) is 30.3 Å². The summed E-state index contributed by atoms with van der Waals surface area (Å²) in [4.78, 5) is 21.0. The van der Waals surface area contributed by atoms with E-state index in [0.29, 0.717) is 6.42 Å². The molecule has 1 aromatic rings. The third-order valence-corrected chi connectivity index (χ3v) is 2.02.